The second-order valence-corrected chi connectivity index (χ2v) is 4.76. The van der Waals surface area contributed by atoms with Gasteiger partial charge in [-0.3, -0.25) is 4.98 Å². The molecule has 0 aliphatic heterocycles. The molecule has 0 radical (unpaired) electrons. The molecule has 3 aromatic rings. The standard InChI is InChI=1S/C14H12ClN3O/c1-18(9-10-4-6-16-7-5-10)14-17-12-3-2-11(15)8-13(12)19-14/h2-8H,9H2,1H3. The molecule has 3 rings (SSSR count). The van der Waals surface area contributed by atoms with Gasteiger partial charge in [-0.2, -0.15) is 4.98 Å². The normalized spacial score (nSPS) is 10.8. The van der Waals surface area contributed by atoms with Gasteiger partial charge in [0.15, 0.2) is 5.58 Å². The number of hydrogen-bond acceptors (Lipinski definition) is 4. The lowest BCUT2D eigenvalue weighted by atomic mass is 10.2. The molecule has 19 heavy (non-hydrogen) atoms. The number of aromatic nitrogens is 2. The van der Waals surface area contributed by atoms with E-state index in [9.17, 15) is 0 Å². The smallest absolute Gasteiger partial charge is 0.298 e. The molecule has 0 fully saturated rings. The molecule has 0 saturated heterocycles. The Kier molecular flexibility index (Phi) is 3.09. The van der Waals surface area contributed by atoms with Crippen molar-refractivity contribution in [3.05, 3.63) is 53.3 Å². The van der Waals surface area contributed by atoms with Crippen molar-refractivity contribution in [2.75, 3.05) is 11.9 Å². The van der Waals surface area contributed by atoms with E-state index in [-0.39, 0.29) is 0 Å². The lowest BCUT2D eigenvalue weighted by Crippen LogP contribution is -2.16. The van der Waals surface area contributed by atoms with E-state index in [1.807, 2.05) is 30.1 Å². The third-order valence-corrected chi connectivity index (χ3v) is 3.07. The first-order chi connectivity index (χ1) is 9.22. The molecule has 0 bridgehead atoms. The van der Waals surface area contributed by atoms with Crippen LogP contribution in [-0.4, -0.2) is 17.0 Å². The SMILES string of the molecule is CN(Cc1ccncc1)c1nc2ccc(Cl)cc2o1. The number of rotatable bonds is 3. The van der Waals surface area contributed by atoms with Crippen LogP contribution in [0, 0.1) is 0 Å². The fourth-order valence-electron chi connectivity index (χ4n) is 1.88. The van der Waals surface area contributed by atoms with Crippen LogP contribution in [0.3, 0.4) is 0 Å². The zero-order valence-electron chi connectivity index (χ0n) is 10.4. The average molecular weight is 274 g/mol. The Morgan fingerprint density at radius 1 is 1.21 bits per heavy atom. The van der Waals surface area contributed by atoms with Crippen LogP contribution in [0.1, 0.15) is 5.56 Å². The minimum Gasteiger partial charge on any atom is -0.423 e. The first-order valence-electron chi connectivity index (χ1n) is 5.88. The molecule has 0 atom stereocenters. The van der Waals surface area contributed by atoms with Crippen LogP contribution in [0.15, 0.2) is 47.1 Å². The predicted octanol–water partition coefficient (Wildman–Crippen LogP) is 3.51. The van der Waals surface area contributed by atoms with E-state index >= 15 is 0 Å². The summed E-state index contributed by atoms with van der Waals surface area (Å²) in [5.41, 5.74) is 2.66. The predicted molar refractivity (Wildman–Crippen MR) is 75.4 cm³/mol. The van der Waals surface area contributed by atoms with Gasteiger partial charge in [0.1, 0.15) is 5.52 Å². The second-order valence-electron chi connectivity index (χ2n) is 4.32. The van der Waals surface area contributed by atoms with Crippen LogP contribution >= 0.6 is 11.6 Å². The monoisotopic (exact) mass is 273 g/mol. The van der Waals surface area contributed by atoms with Crippen molar-refractivity contribution in [3.8, 4) is 0 Å². The number of halogens is 1. The Balaban J connectivity index is 1.87. The Bertz CT molecular complexity index is 696. The van der Waals surface area contributed by atoms with Crippen molar-refractivity contribution < 1.29 is 4.42 Å². The molecule has 0 saturated carbocycles. The number of nitrogens with zero attached hydrogens (tertiary/aromatic N) is 3. The van der Waals surface area contributed by atoms with Gasteiger partial charge < -0.3 is 9.32 Å². The molecule has 0 aliphatic rings. The highest BCUT2D eigenvalue weighted by atomic mass is 35.5. The molecule has 4 nitrogen and oxygen atoms in total. The van der Waals surface area contributed by atoms with E-state index in [0.29, 0.717) is 23.2 Å². The number of pyridine rings is 1. The van der Waals surface area contributed by atoms with Crippen molar-refractivity contribution in [3.63, 3.8) is 0 Å². The minimum absolute atomic E-state index is 0.578. The fraction of sp³-hybridized carbons (Fsp3) is 0.143. The van der Waals surface area contributed by atoms with Gasteiger partial charge in [0.25, 0.3) is 6.01 Å². The molecule has 0 N–H and O–H groups in total. The minimum atomic E-state index is 0.578. The Labute approximate surface area is 115 Å². The van der Waals surface area contributed by atoms with E-state index < -0.39 is 0 Å². The van der Waals surface area contributed by atoms with Gasteiger partial charge in [0.2, 0.25) is 0 Å². The molecule has 0 unspecified atom stereocenters. The van der Waals surface area contributed by atoms with Crippen molar-refractivity contribution >= 4 is 28.7 Å². The highest BCUT2D eigenvalue weighted by Gasteiger charge is 2.10. The maximum absolute atomic E-state index is 5.93. The number of benzene rings is 1. The summed E-state index contributed by atoms with van der Waals surface area (Å²) in [7, 11) is 1.94. The number of hydrogen-bond donors (Lipinski definition) is 0. The molecule has 0 spiro atoms. The second kappa shape index (κ2) is 4.90. The van der Waals surface area contributed by atoms with Gasteiger partial charge in [-0.1, -0.05) is 11.6 Å². The van der Waals surface area contributed by atoms with Gasteiger partial charge in [-0.05, 0) is 29.8 Å². The summed E-state index contributed by atoms with van der Waals surface area (Å²) in [6.07, 6.45) is 3.55. The Morgan fingerprint density at radius 3 is 2.79 bits per heavy atom. The number of oxazole rings is 1. The maximum atomic E-state index is 5.93. The van der Waals surface area contributed by atoms with E-state index in [1.54, 1.807) is 24.5 Å². The lowest BCUT2D eigenvalue weighted by molar-refractivity contribution is 0.582. The zero-order valence-corrected chi connectivity index (χ0v) is 11.1. The number of anilines is 1. The summed E-state index contributed by atoms with van der Waals surface area (Å²) in [6, 6.07) is 9.94. The van der Waals surface area contributed by atoms with Gasteiger partial charge in [-0.15, -0.1) is 0 Å². The van der Waals surface area contributed by atoms with E-state index in [4.69, 9.17) is 16.0 Å². The maximum Gasteiger partial charge on any atom is 0.298 e. The van der Waals surface area contributed by atoms with Gasteiger partial charge >= 0.3 is 0 Å². The largest absolute Gasteiger partial charge is 0.423 e. The van der Waals surface area contributed by atoms with Crippen molar-refractivity contribution in [1.82, 2.24) is 9.97 Å². The summed E-state index contributed by atoms with van der Waals surface area (Å²) in [5, 5.41) is 0.645. The molecule has 0 amide bonds. The summed E-state index contributed by atoms with van der Waals surface area (Å²) < 4.78 is 5.70. The van der Waals surface area contributed by atoms with E-state index in [1.165, 1.54) is 0 Å². The first kappa shape index (κ1) is 12.0. The van der Waals surface area contributed by atoms with Gasteiger partial charge in [0.05, 0.1) is 0 Å². The van der Waals surface area contributed by atoms with E-state index in [2.05, 4.69) is 9.97 Å². The molecule has 2 aromatic heterocycles. The van der Waals surface area contributed by atoms with Crippen LogP contribution in [0.2, 0.25) is 5.02 Å². The topological polar surface area (TPSA) is 42.2 Å². The Hall–Kier alpha value is -2.07. The van der Waals surface area contributed by atoms with Crippen molar-refractivity contribution in [2.45, 2.75) is 6.54 Å². The van der Waals surface area contributed by atoms with Crippen LogP contribution in [0.5, 0.6) is 0 Å². The third-order valence-electron chi connectivity index (χ3n) is 2.83. The summed E-state index contributed by atoms with van der Waals surface area (Å²) in [4.78, 5) is 10.4. The summed E-state index contributed by atoms with van der Waals surface area (Å²) in [5.74, 6) is 0. The van der Waals surface area contributed by atoms with Gasteiger partial charge in [0, 0.05) is 37.1 Å². The van der Waals surface area contributed by atoms with Crippen LogP contribution in [-0.2, 0) is 6.54 Å². The number of fused-ring (bicyclic) bond motifs is 1. The van der Waals surface area contributed by atoms with Crippen LogP contribution in [0.4, 0.5) is 6.01 Å². The van der Waals surface area contributed by atoms with Crippen LogP contribution < -0.4 is 4.90 Å². The van der Waals surface area contributed by atoms with Crippen molar-refractivity contribution in [2.24, 2.45) is 0 Å². The first-order valence-corrected chi connectivity index (χ1v) is 6.26. The third kappa shape index (κ3) is 2.53. The molecule has 96 valence electrons. The summed E-state index contributed by atoms with van der Waals surface area (Å²) in [6.45, 7) is 0.711. The quantitative estimate of drug-likeness (QED) is 0.732. The molecule has 0 aliphatic carbocycles. The fourth-order valence-corrected chi connectivity index (χ4v) is 2.04. The highest BCUT2D eigenvalue weighted by molar-refractivity contribution is 6.31. The van der Waals surface area contributed by atoms with Crippen molar-refractivity contribution in [1.29, 1.82) is 0 Å². The highest BCUT2D eigenvalue weighted by Crippen LogP contribution is 2.24. The van der Waals surface area contributed by atoms with Crippen LogP contribution in [0.25, 0.3) is 11.1 Å². The molecular weight excluding hydrogens is 262 g/mol. The van der Waals surface area contributed by atoms with Gasteiger partial charge in [-0.25, -0.2) is 0 Å². The molecule has 2 heterocycles. The van der Waals surface area contributed by atoms with E-state index in [0.717, 1.165) is 11.1 Å². The lowest BCUT2D eigenvalue weighted by Gasteiger charge is -2.13. The molecule has 5 heteroatoms. The molecule has 1 aromatic carbocycles. The molecular formula is C14H12ClN3O. The average Bonchev–Trinajstić information content (AvgIpc) is 2.83. The zero-order chi connectivity index (χ0) is 13.2. The Morgan fingerprint density at radius 2 is 2.00 bits per heavy atom. The summed E-state index contributed by atoms with van der Waals surface area (Å²) >= 11 is 5.93.